The van der Waals surface area contributed by atoms with Gasteiger partial charge in [0.25, 0.3) is 0 Å². The van der Waals surface area contributed by atoms with Crippen LogP contribution in [0.15, 0.2) is 6.20 Å². The van der Waals surface area contributed by atoms with Gasteiger partial charge in [-0.1, -0.05) is 0 Å². The fourth-order valence-electron chi connectivity index (χ4n) is 2.71. The molecule has 6 nitrogen and oxygen atoms in total. The second kappa shape index (κ2) is 6.74. The van der Waals surface area contributed by atoms with Crippen LogP contribution in [-0.4, -0.2) is 45.0 Å². The maximum absolute atomic E-state index is 12.3. The molecule has 1 fully saturated rings. The summed E-state index contributed by atoms with van der Waals surface area (Å²) in [7, 11) is 1.89. The number of aryl methyl sites for hydroxylation is 1. The number of piperidine rings is 1. The third kappa shape index (κ3) is 3.30. The molecule has 0 aliphatic carbocycles. The van der Waals surface area contributed by atoms with Gasteiger partial charge in [-0.05, 0) is 32.6 Å². The van der Waals surface area contributed by atoms with Gasteiger partial charge >= 0.3 is 6.03 Å². The Labute approximate surface area is 119 Å². The van der Waals surface area contributed by atoms with Gasteiger partial charge in [-0.2, -0.15) is 5.10 Å². The number of aromatic nitrogens is 2. The topological polar surface area (TPSA) is 70.4 Å². The van der Waals surface area contributed by atoms with Crippen molar-refractivity contribution in [2.24, 2.45) is 7.05 Å². The Balaban J connectivity index is 1.91. The number of carbonyl (C=O) groups is 1. The Morgan fingerprint density at radius 1 is 1.55 bits per heavy atom. The molecule has 0 aromatic carbocycles. The van der Waals surface area contributed by atoms with Gasteiger partial charge in [-0.3, -0.25) is 4.68 Å². The number of rotatable bonds is 4. The predicted octanol–water partition coefficient (Wildman–Crippen LogP) is 1.18. The highest BCUT2D eigenvalue weighted by Crippen LogP contribution is 2.19. The van der Waals surface area contributed by atoms with Crippen LogP contribution in [0.25, 0.3) is 0 Å². The third-order valence-corrected chi connectivity index (χ3v) is 4.12. The van der Waals surface area contributed by atoms with E-state index in [1.54, 1.807) is 10.9 Å². The van der Waals surface area contributed by atoms with Crippen molar-refractivity contribution >= 4 is 6.03 Å². The number of aliphatic hydroxyl groups excluding tert-OH is 1. The molecule has 0 spiro atoms. The second-order valence-electron chi connectivity index (χ2n) is 5.39. The minimum Gasteiger partial charge on any atom is -0.396 e. The van der Waals surface area contributed by atoms with Gasteiger partial charge in [-0.25, -0.2) is 4.79 Å². The standard InChI is InChI=1S/C14H24N4O2/c1-11-12(10-16-17(11)2)9-15-14(20)18-7-4-3-5-13(18)6-8-19/h10,13,19H,3-9H2,1-2H3,(H,15,20). The van der Waals surface area contributed by atoms with Crippen LogP contribution in [0.4, 0.5) is 4.79 Å². The molecule has 1 unspecified atom stereocenters. The van der Waals surface area contributed by atoms with Crippen LogP contribution in [0.1, 0.15) is 36.9 Å². The van der Waals surface area contributed by atoms with Gasteiger partial charge in [-0.15, -0.1) is 0 Å². The first-order valence-corrected chi connectivity index (χ1v) is 7.26. The van der Waals surface area contributed by atoms with Crippen molar-refractivity contribution in [3.05, 3.63) is 17.5 Å². The molecular weight excluding hydrogens is 256 g/mol. The van der Waals surface area contributed by atoms with Gasteiger partial charge in [0.15, 0.2) is 0 Å². The molecular formula is C14H24N4O2. The molecule has 2 rings (SSSR count). The molecule has 20 heavy (non-hydrogen) atoms. The van der Waals surface area contributed by atoms with Crippen molar-refractivity contribution in [3.63, 3.8) is 0 Å². The van der Waals surface area contributed by atoms with Crippen LogP contribution in [0, 0.1) is 6.92 Å². The Hall–Kier alpha value is -1.56. The lowest BCUT2D eigenvalue weighted by atomic mass is 10.0. The molecule has 1 aromatic rings. The summed E-state index contributed by atoms with van der Waals surface area (Å²) >= 11 is 0. The molecule has 2 N–H and O–H groups in total. The molecule has 112 valence electrons. The molecule has 2 heterocycles. The molecule has 1 aliphatic heterocycles. The normalized spacial score (nSPS) is 19.1. The van der Waals surface area contributed by atoms with Crippen LogP contribution in [0.2, 0.25) is 0 Å². The Morgan fingerprint density at radius 2 is 2.35 bits per heavy atom. The van der Waals surface area contributed by atoms with Gasteiger partial charge in [0.1, 0.15) is 0 Å². The van der Waals surface area contributed by atoms with E-state index in [0.29, 0.717) is 13.0 Å². The zero-order chi connectivity index (χ0) is 14.5. The molecule has 0 radical (unpaired) electrons. The average Bonchev–Trinajstić information content (AvgIpc) is 2.77. The lowest BCUT2D eigenvalue weighted by Gasteiger charge is -2.35. The van der Waals surface area contributed by atoms with E-state index in [9.17, 15) is 4.79 Å². The fraction of sp³-hybridized carbons (Fsp3) is 0.714. The van der Waals surface area contributed by atoms with Crippen molar-refractivity contribution in [2.75, 3.05) is 13.2 Å². The van der Waals surface area contributed by atoms with Crippen LogP contribution in [0.3, 0.4) is 0 Å². The van der Waals surface area contributed by atoms with E-state index < -0.39 is 0 Å². The SMILES string of the molecule is Cc1c(CNC(=O)N2CCCCC2CCO)cnn1C. The molecule has 2 amide bonds. The largest absolute Gasteiger partial charge is 0.396 e. The number of urea groups is 1. The third-order valence-electron chi connectivity index (χ3n) is 4.12. The maximum Gasteiger partial charge on any atom is 0.317 e. The lowest BCUT2D eigenvalue weighted by molar-refractivity contribution is 0.131. The quantitative estimate of drug-likeness (QED) is 0.870. The molecule has 1 aromatic heterocycles. The van der Waals surface area contributed by atoms with Gasteiger partial charge in [0.2, 0.25) is 0 Å². The summed E-state index contributed by atoms with van der Waals surface area (Å²) in [5.41, 5.74) is 2.10. The van der Waals surface area contributed by atoms with E-state index in [0.717, 1.165) is 37.1 Å². The lowest BCUT2D eigenvalue weighted by Crippen LogP contribution is -2.48. The first-order chi connectivity index (χ1) is 9.63. The van der Waals surface area contributed by atoms with E-state index in [2.05, 4.69) is 10.4 Å². The van der Waals surface area contributed by atoms with Crippen molar-refractivity contribution < 1.29 is 9.90 Å². The van der Waals surface area contributed by atoms with Crippen LogP contribution < -0.4 is 5.32 Å². The van der Waals surface area contributed by atoms with E-state index in [1.165, 1.54) is 0 Å². The van der Waals surface area contributed by atoms with E-state index >= 15 is 0 Å². The number of amides is 2. The van der Waals surface area contributed by atoms with E-state index in [-0.39, 0.29) is 18.7 Å². The van der Waals surface area contributed by atoms with E-state index in [1.807, 2.05) is 18.9 Å². The average molecular weight is 280 g/mol. The van der Waals surface area contributed by atoms with Crippen molar-refractivity contribution in [3.8, 4) is 0 Å². The second-order valence-corrected chi connectivity index (χ2v) is 5.39. The fourth-order valence-corrected chi connectivity index (χ4v) is 2.71. The molecule has 0 saturated carbocycles. The number of likely N-dealkylation sites (tertiary alicyclic amines) is 1. The predicted molar refractivity (Wildman–Crippen MR) is 76.2 cm³/mol. The highest BCUT2D eigenvalue weighted by Gasteiger charge is 2.26. The number of aliphatic hydroxyl groups is 1. The minimum absolute atomic E-state index is 0.0357. The minimum atomic E-state index is -0.0357. The van der Waals surface area contributed by atoms with Gasteiger partial charge < -0.3 is 15.3 Å². The zero-order valence-electron chi connectivity index (χ0n) is 12.3. The van der Waals surface area contributed by atoms with Crippen molar-refractivity contribution in [2.45, 2.75) is 45.2 Å². The van der Waals surface area contributed by atoms with Crippen LogP contribution in [0.5, 0.6) is 0 Å². The summed E-state index contributed by atoms with van der Waals surface area (Å²) < 4.78 is 1.80. The first-order valence-electron chi connectivity index (χ1n) is 7.26. The first kappa shape index (κ1) is 14.8. The Morgan fingerprint density at radius 3 is 3.00 bits per heavy atom. The highest BCUT2D eigenvalue weighted by atomic mass is 16.3. The number of carbonyl (C=O) groups excluding carboxylic acids is 1. The number of hydrogen-bond donors (Lipinski definition) is 2. The van der Waals surface area contributed by atoms with Gasteiger partial charge in [0.05, 0.1) is 6.20 Å². The van der Waals surface area contributed by atoms with Gasteiger partial charge in [0, 0.05) is 44.0 Å². The maximum atomic E-state index is 12.3. The molecule has 1 aliphatic rings. The summed E-state index contributed by atoms with van der Waals surface area (Å²) in [5, 5.41) is 16.2. The number of hydrogen-bond acceptors (Lipinski definition) is 3. The summed E-state index contributed by atoms with van der Waals surface area (Å²) in [6.07, 6.45) is 5.62. The number of nitrogens with one attached hydrogen (secondary N) is 1. The molecule has 0 bridgehead atoms. The Kier molecular flexibility index (Phi) is 5.00. The van der Waals surface area contributed by atoms with Crippen LogP contribution in [-0.2, 0) is 13.6 Å². The molecule has 6 heteroatoms. The highest BCUT2D eigenvalue weighted by molar-refractivity contribution is 5.74. The zero-order valence-corrected chi connectivity index (χ0v) is 12.3. The summed E-state index contributed by atoms with van der Waals surface area (Å²) in [5.74, 6) is 0. The van der Waals surface area contributed by atoms with Crippen molar-refractivity contribution in [1.29, 1.82) is 0 Å². The van der Waals surface area contributed by atoms with Crippen molar-refractivity contribution in [1.82, 2.24) is 20.0 Å². The Bertz CT molecular complexity index is 456. The van der Waals surface area contributed by atoms with E-state index in [4.69, 9.17) is 5.11 Å². The molecule has 1 saturated heterocycles. The summed E-state index contributed by atoms with van der Waals surface area (Å²) in [6.45, 7) is 3.41. The smallest absolute Gasteiger partial charge is 0.317 e. The molecule has 1 atom stereocenters. The summed E-state index contributed by atoms with van der Waals surface area (Å²) in [6, 6.07) is 0.134. The monoisotopic (exact) mass is 280 g/mol. The summed E-state index contributed by atoms with van der Waals surface area (Å²) in [4.78, 5) is 14.1. The van der Waals surface area contributed by atoms with Crippen LogP contribution >= 0.6 is 0 Å². The number of nitrogens with zero attached hydrogens (tertiary/aromatic N) is 3.